The lowest BCUT2D eigenvalue weighted by Crippen LogP contribution is -2.14. The number of hydrogen-bond donors (Lipinski definition) is 0. The SMILES string of the molecule is Fc1ccc(Cc2noc(C3CC4CCC3O4)n2)cc1. The molecule has 0 N–H and O–H groups in total. The number of rotatable bonds is 3. The van der Waals surface area contributed by atoms with E-state index in [-0.39, 0.29) is 17.8 Å². The summed E-state index contributed by atoms with van der Waals surface area (Å²) in [5, 5.41) is 4.03. The summed E-state index contributed by atoms with van der Waals surface area (Å²) in [7, 11) is 0. The van der Waals surface area contributed by atoms with Crippen LogP contribution in [0.5, 0.6) is 0 Å². The number of ether oxygens (including phenoxy) is 1. The summed E-state index contributed by atoms with van der Waals surface area (Å²) in [6.45, 7) is 0. The summed E-state index contributed by atoms with van der Waals surface area (Å²) in [6, 6.07) is 6.37. The van der Waals surface area contributed by atoms with Gasteiger partial charge in [0.25, 0.3) is 0 Å². The Labute approximate surface area is 115 Å². The fourth-order valence-corrected chi connectivity index (χ4v) is 3.17. The number of aromatic nitrogens is 2. The molecule has 0 saturated carbocycles. The van der Waals surface area contributed by atoms with Crippen molar-refractivity contribution >= 4 is 0 Å². The van der Waals surface area contributed by atoms with Crippen LogP contribution in [0.3, 0.4) is 0 Å². The number of fused-ring (bicyclic) bond motifs is 2. The maximum absolute atomic E-state index is 12.9. The number of halogens is 1. The average Bonchev–Trinajstić information content (AvgIpc) is 3.17. The summed E-state index contributed by atoms with van der Waals surface area (Å²) in [5.41, 5.74) is 0.975. The molecule has 2 bridgehead atoms. The predicted octanol–water partition coefficient (Wildman–Crippen LogP) is 2.83. The molecule has 1 aromatic carbocycles. The van der Waals surface area contributed by atoms with E-state index in [2.05, 4.69) is 10.1 Å². The smallest absolute Gasteiger partial charge is 0.232 e. The lowest BCUT2D eigenvalue weighted by Gasteiger charge is -2.13. The average molecular weight is 274 g/mol. The zero-order chi connectivity index (χ0) is 13.5. The Morgan fingerprint density at radius 1 is 1.20 bits per heavy atom. The molecule has 4 rings (SSSR count). The molecule has 5 heteroatoms. The van der Waals surface area contributed by atoms with Crippen LogP contribution in [0, 0.1) is 5.82 Å². The van der Waals surface area contributed by atoms with Gasteiger partial charge >= 0.3 is 0 Å². The van der Waals surface area contributed by atoms with E-state index in [0.29, 0.717) is 24.2 Å². The van der Waals surface area contributed by atoms with Crippen LogP contribution in [0.2, 0.25) is 0 Å². The van der Waals surface area contributed by atoms with Gasteiger partial charge in [0.05, 0.1) is 18.1 Å². The molecule has 4 nitrogen and oxygen atoms in total. The van der Waals surface area contributed by atoms with E-state index in [0.717, 1.165) is 24.8 Å². The number of nitrogens with zero attached hydrogens (tertiary/aromatic N) is 2. The Bertz CT molecular complexity index is 611. The van der Waals surface area contributed by atoms with Crippen molar-refractivity contribution in [3.05, 3.63) is 47.4 Å². The Morgan fingerprint density at radius 2 is 2.05 bits per heavy atom. The van der Waals surface area contributed by atoms with Gasteiger partial charge in [0.1, 0.15) is 5.82 Å². The molecule has 2 aliphatic heterocycles. The van der Waals surface area contributed by atoms with Gasteiger partial charge in [0.15, 0.2) is 5.82 Å². The van der Waals surface area contributed by atoms with E-state index in [9.17, 15) is 4.39 Å². The normalized spacial score (nSPS) is 28.1. The van der Waals surface area contributed by atoms with E-state index < -0.39 is 0 Å². The van der Waals surface area contributed by atoms with E-state index in [1.54, 1.807) is 12.1 Å². The highest BCUT2D eigenvalue weighted by Gasteiger charge is 2.44. The van der Waals surface area contributed by atoms with Gasteiger partial charge in [0, 0.05) is 6.42 Å². The minimum Gasteiger partial charge on any atom is -0.374 e. The van der Waals surface area contributed by atoms with Crippen molar-refractivity contribution in [3.63, 3.8) is 0 Å². The molecule has 2 fully saturated rings. The van der Waals surface area contributed by atoms with Crippen molar-refractivity contribution in [2.75, 3.05) is 0 Å². The summed E-state index contributed by atoms with van der Waals surface area (Å²) >= 11 is 0. The first kappa shape index (κ1) is 12.0. The first-order valence-electron chi connectivity index (χ1n) is 7.00. The van der Waals surface area contributed by atoms with Crippen LogP contribution in [0.4, 0.5) is 4.39 Å². The van der Waals surface area contributed by atoms with Crippen LogP contribution in [0.25, 0.3) is 0 Å². The molecule has 1 aromatic heterocycles. The highest BCUT2D eigenvalue weighted by atomic mass is 19.1. The largest absolute Gasteiger partial charge is 0.374 e. The van der Waals surface area contributed by atoms with Crippen molar-refractivity contribution in [3.8, 4) is 0 Å². The molecule has 0 spiro atoms. The Kier molecular flexibility index (Phi) is 2.80. The first-order chi connectivity index (χ1) is 9.78. The van der Waals surface area contributed by atoms with E-state index >= 15 is 0 Å². The zero-order valence-corrected chi connectivity index (χ0v) is 11.0. The van der Waals surface area contributed by atoms with E-state index in [1.165, 1.54) is 12.1 Å². The minimum absolute atomic E-state index is 0.235. The van der Waals surface area contributed by atoms with Crippen molar-refractivity contribution in [2.45, 2.75) is 43.8 Å². The highest BCUT2D eigenvalue weighted by Crippen LogP contribution is 2.43. The molecule has 2 saturated heterocycles. The van der Waals surface area contributed by atoms with E-state index in [1.807, 2.05) is 0 Å². The zero-order valence-electron chi connectivity index (χ0n) is 11.0. The number of hydrogen-bond acceptors (Lipinski definition) is 4. The molecule has 3 atom stereocenters. The Hall–Kier alpha value is -1.75. The molecule has 0 radical (unpaired) electrons. The molecule has 2 aromatic rings. The molecule has 3 heterocycles. The maximum Gasteiger partial charge on any atom is 0.232 e. The molecule has 0 amide bonds. The second kappa shape index (κ2) is 4.66. The molecular formula is C15H15FN2O2. The van der Waals surface area contributed by atoms with Gasteiger partial charge in [-0.2, -0.15) is 4.98 Å². The predicted molar refractivity (Wildman–Crippen MR) is 68.8 cm³/mol. The first-order valence-corrected chi connectivity index (χ1v) is 7.00. The molecule has 20 heavy (non-hydrogen) atoms. The van der Waals surface area contributed by atoms with Crippen molar-refractivity contribution < 1.29 is 13.7 Å². The second-order valence-corrected chi connectivity index (χ2v) is 5.57. The fraction of sp³-hybridized carbons (Fsp3) is 0.467. The molecule has 2 aliphatic rings. The highest BCUT2D eigenvalue weighted by molar-refractivity contribution is 5.19. The summed E-state index contributed by atoms with van der Waals surface area (Å²) in [5.74, 6) is 1.36. The molecule has 0 aliphatic carbocycles. The van der Waals surface area contributed by atoms with Gasteiger partial charge in [0.2, 0.25) is 5.89 Å². The quantitative estimate of drug-likeness (QED) is 0.863. The van der Waals surface area contributed by atoms with Gasteiger partial charge in [-0.05, 0) is 37.0 Å². The van der Waals surface area contributed by atoms with Gasteiger partial charge < -0.3 is 9.26 Å². The van der Waals surface area contributed by atoms with Crippen LogP contribution in [0.15, 0.2) is 28.8 Å². The topological polar surface area (TPSA) is 48.2 Å². The second-order valence-electron chi connectivity index (χ2n) is 5.57. The lowest BCUT2D eigenvalue weighted by atomic mass is 9.89. The summed E-state index contributed by atoms with van der Waals surface area (Å²) < 4.78 is 24.0. The third-order valence-electron chi connectivity index (χ3n) is 4.18. The van der Waals surface area contributed by atoms with Crippen molar-refractivity contribution in [1.29, 1.82) is 0 Å². The fourth-order valence-electron chi connectivity index (χ4n) is 3.17. The van der Waals surface area contributed by atoms with Gasteiger partial charge in [-0.15, -0.1) is 0 Å². The lowest BCUT2D eigenvalue weighted by molar-refractivity contribution is 0.0974. The van der Waals surface area contributed by atoms with Crippen LogP contribution < -0.4 is 0 Å². The van der Waals surface area contributed by atoms with Crippen LogP contribution in [-0.4, -0.2) is 22.3 Å². The molecule has 3 unspecified atom stereocenters. The van der Waals surface area contributed by atoms with Crippen molar-refractivity contribution in [2.24, 2.45) is 0 Å². The van der Waals surface area contributed by atoms with Crippen LogP contribution in [0.1, 0.15) is 42.5 Å². The monoisotopic (exact) mass is 274 g/mol. The van der Waals surface area contributed by atoms with E-state index in [4.69, 9.17) is 9.26 Å². The number of benzene rings is 1. The Morgan fingerprint density at radius 3 is 2.75 bits per heavy atom. The summed E-state index contributed by atoms with van der Waals surface area (Å²) in [4.78, 5) is 4.48. The van der Waals surface area contributed by atoms with Crippen molar-refractivity contribution in [1.82, 2.24) is 10.1 Å². The van der Waals surface area contributed by atoms with Gasteiger partial charge in [-0.25, -0.2) is 4.39 Å². The van der Waals surface area contributed by atoms with Gasteiger partial charge in [-0.3, -0.25) is 0 Å². The van der Waals surface area contributed by atoms with Gasteiger partial charge in [-0.1, -0.05) is 17.3 Å². The van der Waals surface area contributed by atoms with Crippen LogP contribution in [-0.2, 0) is 11.2 Å². The minimum atomic E-state index is -0.235. The standard InChI is InChI=1S/C15H15FN2O2/c16-10-3-1-9(2-4-10)7-14-17-15(20-18-14)12-8-11-5-6-13(12)19-11/h1-4,11-13H,5-8H2. The third kappa shape index (κ3) is 2.12. The summed E-state index contributed by atoms with van der Waals surface area (Å²) in [6.07, 6.45) is 4.41. The molecular weight excluding hydrogens is 259 g/mol. The molecule has 104 valence electrons. The van der Waals surface area contributed by atoms with Crippen LogP contribution >= 0.6 is 0 Å². The maximum atomic E-state index is 12.9. The third-order valence-corrected chi connectivity index (χ3v) is 4.18. The Balaban J connectivity index is 1.49.